The first-order valence-corrected chi connectivity index (χ1v) is 6.18. The third kappa shape index (κ3) is 3.69. The summed E-state index contributed by atoms with van der Waals surface area (Å²) in [6, 6.07) is 3.48. The summed E-state index contributed by atoms with van der Waals surface area (Å²) in [6.45, 7) is 2.01. The number of nitrogens with one attached hydrogen (secondary N) is 1. The highest BCUT2D eigenvalue weighted by atomic mass is 32.2. The first-order chi connectivity index (χ1) is 6.64. The van der Waals surface area contributed by atoms with E-state index in [2.05, 4.69) is 15.5 Å². The third-order valence-electron chi connectivity index (χ3n) is 1.73. The van der Waals surface area contributed by atoms with Gasteiger partial charge in [-0.05, 0) is 12.1 Å². The molecule has 1 aromatic heterocycles. The molecule has 1 aromatic rings. The van der Waals surface area contributed by atoms with Crippen LogP contribution in [0.1, 0.15) is 6.92 Å². The lowest BCUT2D eigenvalue weighted by Crippen LogP contribution is -2.17. The fraction of sp³-hybridized carbons (Fsp3) is 0.500. The molecule has 14 heavy (non-hydrogen) atoms. The Balaban J connectivity index is 2.37. The molecule has 78 valence electrons. The van der Waals surface area contributed by atoms with Gasteiger partial charge in [-0.2, -0.15) is 5.10 Å². The lowest BCUT2D eigenvalue weighted by Gasteiger charge is -2.03. The number of hydrogen-bond donors (Lipinski definition) is 1. The maximum atomic E-state index is 11.1. The van der Waals surface area contributed by atoms with Crippen molar-refractivity contribution < 1.29 is 8.42 Å². The van der Waals surface area contributed by atoms with Crippen LogP contribution < -0.4 is 5.32 Å². The number of rotatable bonds is 5. The van der Waals surface area contributed by atoms with Crippen LogP contribution in [0.4, 0.5) is 5.82 Å². The summed E-state index contributed by atoms with van der Waals surface area (Å²) in [5.74, 6) is 0.897. The van der Waals surface area contributed by atoms with Gasteiger partial charge in [-0.25, -0.2) is 8.42 Å². The Morgan fingerprint density at radius 1 is 1.50 bits per heavy atom. The summed E-state index contributed by atoms with van der Waals surface area (Å²) in [6.07, 6.45) is 1.56. The zero-order chi connectivity index (χ0) is 10.4. The van der Waals surface area contributed by atoms with E-state index >= 15 is 0 Å². The van der Waals surface area contributed by atoms with Crippen molar-refractivity contribution >= 4 is 15.7 Å². The lowest BCUT2D eigenvalue weighted by molar-refractivity contribution is 0.597. The molecule has 0 aliphatic carbocycles. The zero-order valence-corrected chi connectivity index (χ0v) is 8.79. The van der Waals surface area contributed by atoms with Gasteiger partial charge < -0.3 is 5.32 Å². The third-order valence-corrected chi connectivity index (χ3v) is 3.44. The number of anilines is 1. The van der Waals surface area contributed by atoms with Crippen LogP contribution in [0.5, 0.6) is 0 Å². The largest absolute Gasteiger partial charge is 0.368 e. The monoisotopic (exact) mass is 215 g/mol. The van der Waals surface area contributed by atoms with E-state index in [1.807, 2.05) is 0 Å². The van der Waals surface area contributed by atoms with E-state index in [1.54, 1.807) is 25.3 Å². The highest BCUT2D eigenvalue weighted by Crippen LogP contribution is 1.97. The molecule has 0 amide bonds. The Bertz CT molecular complexity index is 363. The van der Waals surface area contributed by atoms with Crippen LogP contribution in [-0.4, -0.2) is 36.7 Å². The number of aromatic nitrogens is 2. The van der Waals surface area contributed by atoms with Gasteiger partial charge in [-0.3, -0.25) is 0 Å². The summed E-state index contributed by atoms with van der Waals surface area (Å²) in [4.78, 5) is 0. The second-order valence-electron chi connectivity index (χ2n) is 2.77. The molecular formula is C8H13N3O2S. The van der Waals surface area contributed by atoms with Crippen LogP contribution in [0.3, 0.4) is 0 Å². The molecule has 0 radical (unpaired) electrons. The summed E-state index contributed by atoms with van der Waals surface area (Å²) >= 11 is 0. The van der Waals surface area contributed by atoms with Crippen molar-refractivity contribution in [3.05, 3.63) is 18.3 Å². The van der Waals surface area contributed by atoms with Gasteiger partial charge in [-0.15, -0.1) is 5.10 Å². The molecule has 5 nitrogen and oxygen atoms in total. The van der Waals surface area contributed by atoms with Crippen molar-refractivity contribution in [1.82, 2.24) is 10.2 Å². The van der Waals surface area contributed by atoms with Gasteiger partial charge in [0.15, 0.2) is 9.84 Å². The van der Waals surface area contributed by atoms with Crippen LogP contribution in [-0.2, 0) is 9.84 Å². The molecule has 0 spiro atoms. The number of nitrogens with zero attached hydrogens (tertiary/aromatic N) is 2. The molecule has 0 aliphatic rings. The van der Waals surface area contributed by atoms with Gasteiger partial charge in [0.25, 0.3) is 0 Å². The van der Waals surface area contributed by atoms with Crippen molar-refractivity contribution in [2.24, 2.45) is 0 Å². The van der Waals surface area contributed by atoms with E-state index in [0.717, 1.165) is 0 Å². The van der Waals surface area contributed by atoms with Crippen molar-refractivity contribution in [2.75, 3.05) is 23.4 Å². The average molecular weight is 215 g/mol. The van der Waals surface area contributed by atoms with Gasteiger partial charge >= 0.3 is 0 Å². The highest BCUT2D eigenvalue weighted by Gasteiger charge is 2.06. The number of sulfone groups is 1. The van der Waals surface area contributed by atoms with Crippen molar-refractivity contribution in [2.45, 2.75) is 6.92 Å². The summed E-state index contributed by atoms with van der Waals surface area (Å²) in [7, 11) is -2.90. The molecule has 1 N–H and O–H groups in total. The zero-order valence-electron chi connectivity index (χ0n) is 7.97. The molecule has 0 atom stereocenters. The quantitative estimate of drug-likeness (QED) is 0.766. The first kappa shape index (κ1) is 10.9. The molecule has 0 saturated heterocycles. The fourth-order valence-electron chi connectivity index (χ4n) is 0.875. The maximum absolute atomic E-state index is 11.1. The Morgan fingerprint density at radius 2 is 2.29 bits per heavy atom. The molecule has 0 aromatic carbocycles. The van der Waals surface area contributed by atoms with Gasteiger partial charge in [-0.1, -0.05) is 6.92 Å². The van der Waals surface area contributed by atoms with Crippen molar-refractivity contribution in [1.29, 1.82) is 0 Å². The number of hydrogen-bond acceptors (Lipinski definition) is 5. The maximum Gasteiger partial charge on any atom is 0.151 e. The molecule has 6 heteroatoms. The summed E-state index contributed by atoms with van der Waals surface area (Å²) < 4.78 is 22.2. The summed E-state index contributed by atoms with van der Waals surface area (Å²) in [5.41, 5.74) is 0. The minimum atomic E-state index is -2.90. The molecule has 0 fully saturated rings. The van der Waals surface area contributed by atoms with Crippen LogP contribution in [0.25, 0.3) is 0 Å². The van der Waals surface area contributed by atoms with Gasteiger partial charge in [0.2, 0.25) is 0 Å². The van der Waals surface area contributed by atoms with Crippen LogP contribution in [0, 0.1) is 0 Å². The molecule has 0 saturated carbocycles. The van der Waals surface area contributed by atoms with Crippen molar-refractivity contribution in [3.8, 4) is 0 Å². The van der Waals surface area contributed by atoms with Crippen LogP contribution in [0.2, 0.25) is 0 Å². The highest BCUT2D eigenvalue weighted by molar-refractivity contribution is 7.91. The lowest BCUT2D eigenvalue weighted by atomic mass is 10.5. The Hall–Kier alpha value is -1.17. The fourth-order valence-corrected chi connectivity index (χ4v) is 1.58. The standard InChI is InChI=1S/C8H13N3O2S/c1-2-14(12,13)7-6-9-8-4-3-5-10-11-8/h3-5H,2,6-7H2,1H3,(H,9,11). The van der Waals surface area contributed by atoms with E-state index in [-0.39, 0.29) is 11.5 Å². The molecule has 0 aliphatic heterocycles. The van der Waals surface area contributed by atoms with Gasteiger partial charge in [0.1, 0.15) is 5.82 Å². The second kappa shape index (κ2) is 4.90. The Kier molecular flexibility index (Phi) is 3.82. The summed E-state index contributed by atoms with van der Waals surface area (Å²) in [5, 5.41) is 10.3. The van der Waals surface area contributed by atoms with Gasteiger partial charge in [0.05, 0.1) is 5.75 Å². The predicted molar refractivity (Wildman–Crippen MR) is 54.8 cm³/mol. The molecular weight excluding hydrogens is 202 g/mol. The average Bonchev–Trinajstić information content (AvgIpc) is 2.19. The molecule has 1 heterocycles. The predicted octanol–water partition coefficient (Wildman–Crippen LogP) is 0.323. The minimum absolute atomic E-state index is 0.125. The van der Waals surface area contributed by atoms with Crippen LogP contribution in [0.15, 0.2) is 18.3 Å². The van der Waals surface area contributed by atoms with E-state index in [4.69, 9.17) is 0 Å². The van der Waals surface area contributed by atoms with Gasteiger partial charge in [0, 0.05) is 18.5 Å². The SMILES string of the molecule is CCS(=O)(=O)CCNc1cccnn1. The second-order valence-corrected chi connectivity index (χ2v) is 5.24. The topological polar surface area (TPSA) is 72.0 Å². The molecule has 0 unspecified atom stereocenters. The van der Waals surface area contributed by atoms with E-state index in [0.29, 0.717) is 12.4 Å². The Morgan fingerprint density at radius 3 is 2.86 bits per heavy atom. The smallest absolute Gasteiger partial charge is 0.151 e. The van der Waals surface area contributed by atoms with E-state index < -0.39 is 9.84 Å². The van der Waals surface area contributed by atoms with E-state index in [9.17, 15) is 8.42 Å². The molecule has 0 bridgehead atoms. The van der Waals surface area contributed by atoms with Crippen LogP contribution >= 0.6 is 0 Å². The van der Waals surface area contributed by atoms with E-state index in [1.165, 1.54) is 0 Å². The first-order valence-electron chi connectivity index (χ1n) is 4.36. The van der Waals surface area contributed by atoms with Crippen molar-refractivity contribution in [3.63, 3.8) is 0 Å². The molecule has 1 rings (SSSR count). The minimum Gasteiger partial charge on any atom is -0.368 e. The normalized spacial score (nSPS) is 11.2. The Labute approximate surface area is 83.5 Å².